The average Bonchev–Trinajstić information content (AvgIpc) is 2.42. The Morgan fingerprint density at radius 1 is 1.00 bits per heavy atom. The van der Waals surface area contributed by atoms with Crippen LogP contribution in [0.15, 0.2) is 24.3 Å². The smallest absolute Gasteiger partial charge is 0.120 e. The number of rotatable bonds is 10. The van der Waals surface area contributed by atoms with Crippen LogP contribution in [-0.4, -0.2) is 25.8 Å². The second kappa shape index (κ2) is 9.68. The quantitative estimate of drug-likeness (QED) is 0.655. The highest BCUT2D eigenvalue weighted by Crippen LogP contribution is 2.19. The first-order chi connectivity index (χ1) is 9.30. The summed E-state index contributed by atoms with van der Waals surface area (Å²) in [5.41, 5.74) is 0. The van der Waals surface area contributed by atoms with Crippen LogP contribution >= 0.6 is 0 Å². The molecule has 0 saturated heterocycles. The molecule has 0 aliphatic carbocycles. The fraction of sp³-hybridized carbons (Fsp3) is 0.625. The maximum Gasteiger partial charge on any atom is 0.120 e. The van der Waals surface area contributed by atoms with Crippen LogP contribution in [0.2, 0.25) is 0 Å². The summed E-state index contributed by atoms with van der Waals surface area (Å²) in [6.07, 6.45) is 3.61. The summed E-state index contributed by atoms with van der Waals surface area (Å²) in [6, 6.07) is 7.88. The zero-order chi connectivity index (χ0) is 13.9. The van der Waals surface area contributed by atoms with E-state index in [0.717, 1.165) is 43.9 Å². The van der Waals surface area contributed by atoms with Crippen molar-refractivity contribution in [2.24, 2.45) is 0 Å². The van der Waals surface area contributed by atoms with Gasteiger partial charge in [-0.05, 0) is 50.6 Å². The van der Waals surface area contributed by atoms with Crippen molar-refractivity contribution >= 4 is 0 Å². The van der Waals surface area contributed by atoms with E-state index in [9.17, 15) is 0 Å². The first kappa shape index (κ1) is 15.8. The highest BCUT2D eigenvalue weighted by Gasteiger charge is 2.09. The van der Waals surface area contributed by atoms with Crippen LogP contribution in [0.5, 0.6) is 11.5 Å². The first-order valence-corrected chi connectivity index (χ1v) is 7.40. The maximum absolute atomic E-state index is 6.02. The van der Waals surface area contributed by atoms with Crippen molar-refractivity contribution in [3.8, 4) is 11.5 Å². The molecule has 0 saturated carbocycles. The van der Waals surface area contributed by atoms with E-state index in [1.807, 2.05) is 31.2 Å². The van der Waals surface area contributed by atoms with Crippen LogP contribution in [0.1, 0.15) is 40.0 Å². The van der Waals surface area contributed by atoms with Crippen molar-refractivity contribution in [3.05, 3.63) is 24.3 Å². The van der Waals surface area contributed by atoms with Crippen LogP contribution in [0, 0.1) is 0 Å². The van der Waals surface area contributed by atoms with Crippen LogP contribution < -0.4 is 14.8 Å². The van der Waals surface area contributed by atoms with Crippen LogP contribution in [0.3, 0.4) is 0 Å². The summed E-state index contributed by atoms with van der Waals surface area (Å²) in [7, 11) is 0. The SMILES string of the molecule is CCCNCC(CCC)Oc1ccc(OCC)cc1. The normalized spacial score (nSPS) is 12.2. The summed E-state index contributed by atoms with van der Waals surface area (Å²) in [5, 5.41) is 3.42. The highest BCUT2D eigenvalue weighted by atomic mass is 16.5. The molecule has 0 bridgehead atoms. The number of nitrogens with one attached hydrogen (secondary N) is 1. The monoisotopic (exact) mass is 265 g/mol. The zero-order valence-corrected chi connectivity index (χ0v) is 12.4. The number of hydrogen-bond acceptors (Lipinski definition) is 3. The molecule has 108 valence electrons. The molecule has 0 aromatic heterocycles. The Hall–Kier alpha value is -1.22. The van der Waals surface area contributed by atoms with Crippen molar-refractivity contribution in [1.29, 1.82) is 0 Å². The lowest BCUT2D eigenvalue weighted by atomic mass is 10.2. The van der Waals surface area contributed by atoms with Gasteiger partial charge in [0.2, 0.25) is 0 Å². The molecule has 0 aliphatic rings. The molecule has 0 amide bonds. The molecule has 3 nitrogen and oxygen atoms in total. The third-order valence-electron chi connectivity index (χ3n) is 2.85. The highest BCUT2D eigenvalue weighted by molar-refractivity contribution is 5.31. The van der Waals surface area contributed by atoms with Gasteiger partial charge in [-0.3, -0.25) is 0 Å². The molecule has 1 rings (SSSR count). The van der Waals surface area contributed by atoms with E-state index >= 15 is 0 Å². The van der Waals surface area contributed by atoms with E-state index in [1.165, 1.54) is 0 Å². The van der Waals surface area contributed by atoms with Crippen molar-refractivity contribution in [1.82, 2.24) is 5.32 Å². The second-order valence-electron chi connectivity index (χ2n) is 4.64. The van der Waals surface area contributed by atoms with Gasteiger partial charge in [-0.1, -0.05) is 20.3 Å². The molecule has 1 unspecified atom stereocenters. The van der Waals surface area contributed by atoms with E-state index in [-0.39, 0.29) is 6.10 Å². The summed E-state index contributed by atoms with van der Waals surface area (Å²) < 4.78 is 11.4. The van der Waals surface area contributed by atoms with Gasteiger partial charge in [-0.2, -0.15) is 0 Å². The largest absolute Gasteiger partial charge is 0.494 e. The Morgan fingerprint density at radius 2 is 1.68 bits per heavy atom. The molecule has 1 aromatic rings. The van der Waals surface area contributed by atoms with Gasteiger partial charge in [0.05, 0.1) is 6.61 Å². The molecular weight excluding hydrogens is 238 g/mol. The molecule has 0 heterocycles. The summed E-state index contributed by atoms with van der Waals surface area (Å²) in [4.78, 5) is 0. The molecule has 3 heteroatoms. The van der Waals surface area contributed by atoms with Gasteiger partial charge in [0.15, 0.2) is 0 Å². The zero-order valence-electron chi connectivity index (χ0n) is 12.4. The van der Waals surface area contributed by atoms with Crippen molar-refractivity contribution in [3.63, 3.8) is 0 Å². The van der Waals surface area contributed by atoms with Gasteiger partial charge in [-0.15, -0.1) is 0 Å². The Kier molecular flexibility index (Phi) is 8.07. The minimum absolute atomic E-state index is 0.245. The minimum Gasteiger partial charge on any atom is -0.494 e. The van der Waals surface area contributed by atoms with Gasteiger partial charge < -0.3 is 14.8 Å². The molecule has 1 N–H and O–H groups in total. The third-order valence-corrected chi connectivity index (χ3v) is 2.85. The van der Waals surface area contributed by atoms with Gasteiger partial charge in [0.25, 0.3) is 0 Å². The third kappa shape index (κ3) is 6.48. The Labute approximate surface area is 117 Å². The van der Waals surface area contributed by atoms with Gasteiger partial charge >= 0.3 is 0 Å². The van der Waals surface area contributed by atoms with Crippen LogP contribution in [0.25, 0.3) is 0 Å². The Bertz CT molecular complexity index is 324. The minimum atomic E-state index is 0.245. The fourth-order valence-corrected chi connectivity index (χ4v) is 1.94. The molecule has 1 atom stereocenters. The standard InChI is InChI=1S/C16H27NO2/c1-4-7-16(13-17-12-5-2)19-15-10-8-14(9-11-15)18-6-3/h8-11,16-17H,4-7,12-13H2,1-3H3. The maximum atomic E-state index is 6.02. The van der Waals surface area contributed by atoms with Gasteiger partial charge in [0.1, 0.15) is 17.6 Å². The summed E-state index contributed by atoms with van der Waals surface area (Å²) >= 11 is 0. The second-order valence-corrected chi connectivity index (χ2v) is 4.64. The van der Waals surface area contributed by atoms with Crippen molar-refractivity contribution < 1.29 is 9.47 Å². The first-order valence-electron chi connectivity index (χ1n) is 7.40. The summed E-state index contributed by atoms with van der Waals surface area (Å²) in [5.74, 6) is 1.81. The predicted molar refractivity (Wildman–Crippen MR) is 80.1 cm³/mol. The van der Waals surface area contributed by atoms with E-state index in [0.29, 0.717) is 6.61 Å². The number of hydrogen-bond donors (Lipinski definition) is 1. The van der Waals surface area contributed by atoms with Crippen LogP contribution in [-0.2, 0) is 0 Å². The molecule has 0 spiro atoms. The molecule has 1 aromatic carbocycles. The molecule has 0 aliphatic heterocycles. The fourth-order valence-electron chi connectivity index (χ4n) is 1.94. The van der Waals surface area contributed by atoms with E-state index < -0.39 is 0 Å². The van der Waals surface area contributed by atoms with E-state index in [2.05, 4.69) is 19.2 Å². The average molecular weight is 265 g/mol. The Morgan fingerprint density at radius 3 is 2.26 bits per heavy atom. The van der Waals surface area contributed by atoms with Gasteiger partial charge in [0, 0.05) is 6.54 Å². The van der Waals surface area contributed by atoms with E-state index in [4.69, 9.17) is 9.47 Å². The lowest BCUT2D eigenvalue weighted by Crippen LogP contribution is -2.31. The molecule has 19 heavy (non-hydrogen) atoms. The lowest BCUT2D eigenvalue weighted by molar-refractivity contribution is 0.186. The summed E-state index contributed by atoms with van der Waals surface area (Å²) in [6.45, 7) is 9.01. The van der Waals surface area contributed by atoms with Crippen molar-refractivity contribution in [2.45, 2.75) is 46.1 Å². The molecular formula is C16H27NO2. The molecule has 0 fully saturated rings. The number of ether oxygens (including phenoxy) is 2. The van der Waals surface area contributed by atoms with Crippen LogP contribution in [0.4, 0.5) is 0 Å². The van der Waals surface area contributed by atoms with E-state index in [1.54, 1.807) is 0 Å². The Balaban J connectivity index is 2.47. The predicted octanol–water partition coefficient (Wildman–Crippen LogP) is 3.63. The number of benzene rings is 1. The van der Waals surface area contributed by atoms with Gasteiger partial charge in [-0.25, -0.2) is 0 Å². The van der Waals surface area contributed by atoms with Crippen molar-refractivity contribution in [2.75, 3.05) is 19.7 Å². The topological polar surface area (TPSA) is 30.5 Å². The molecule has 0 radical (unpaired) electrons. The lowest BCUT2D eigenvalue weighted by Gasteiger charge is -2.19.